The second kappa shape index (κ2) is 12.8. The minimum Gasteiger partial charge on any atom is -0.480 e. The van der Waals surface area contributed by atoms with Crippen LogP contribution in [0.15, 0.2) is 0 Å². The monoisotopic (exact) mass is 348 g/mol. The first-order valence-electron chi connectivity index (χ1n) is 3.22. The van der Waals surface area contributed by atoms with E-state index >= 15 is 0 Å². The van der Waals surface area contributed by atoms with Crippen molar-refractivity contribution >= 4 is 58.3 Å². The number of carboxylic acid groups (broad SMARTS) is 2. The maximum absolute atomic E-state index is 9.71. The number of rotatable bonds is 4. The quantitative estimate of drug-likeness (QED) is 0.599. The number of hydrogen-bond donors (Lipinski definition) is 2. The summed E-state index contributed by atoms with van der Waals surface area (Å²) < 4.78 is 0. The molecule has 2 unspecified atom stereocenters. The standard InChI is InChI=1S/2C3H4Cl2O2.Zn/c2*4-1-2(5)3(6)7;/h2*2H,1H2,(H,6,7);. The maximum Gasteiger partial charge on any atom is 0.322 e. The maximum atomic E-state index is 9.71. The molecule has 0 aliphatic heterocycles. The van der Waals surface area contributed by atoms with E-state index in [1.165, 1.54) is 0 Å². The molecule has 0 aliphatic carbocycles. The van der Waals surface area contributed by atoms with E-state index in [9.17, 15) is 9.59 Å². The molecule has 0 fully saturated rings. The van der Waals surface area contributed by atoms with Gasteiger partial charge in [0.25, 0.3) is 0 Å². The Hall–Kier alpha value is 0.723. The SMILES string of the molecule is O=C(O)C(Cl)CCl.O=C(O)C(Cl)CCl.[Zn]. The Kier molecular flexibility index (Phi) is 18.0. The van der Waals surface area contributed by atoms with Gasteiger partial charge in [-0.15, -0.1) is 46.4 Å². The minimum absolute atomic E-state index is 0. The fourth-order valence-corrected chi connectivity index (χ4v) is 0.396. The summed E-state index contributed by atoms with van der Waals surface area (Å²) in [7, 11) is 0. The molecule has 86 valence electrons. The Morgan fingerprint density at radius 1 is 0.933 bits per heavy atom. The van der Waals surface area contributed by atoms with Crippen LogP contribution in [0.2, 0.25) is 0 Å². The third-order valence-corrected chi connectivity index (χ3v) is 2.42. The van der Waals surface area contributed by atoms with Crippen LogP contribution >= 0.6 is 46.4 Å². The van der Waals surface area contributed by atoms with E-state index in [-0.39, 0.29) is 31.2 Å². The smallest absolute Gasteiger partial charge is 0.322 e. The third-order valence-electron chi connectivity index (χ3n) is 0.807. The van der Waals surface area contributed by atoms with Crippen molar-refractivity contribution < 1.29 is 39.3 Å². The Bertz CT molecular complexity index is 172. The predicted molar refractivity (Wildman–Crippen MR) is 56.0 cm³/mol. The number of halogens is 4. The molecule has 0 radical (unpaired) electrons. The number of hydrogen-bond acceptors (Lipinski definition) is 2. The van der Waals surface area contributed by atoms with Gasteiger partial charge < -0.3 is 10.2 Å². The van der Waals surface area contributed by atoms with Gasteiger partial charge in [-0.2, -0.15) is 0 Å². The van der Waals surface area contributed by atoms with Crippen LogP contribution in [0.5, 0.6) is 0 Å². The Morgan fingerprint density at radius 3 is 1.13 bits per heavy atom. The Labute approximate surface area is 120 Å². The summed E-state index contributed by atoms with van der Waals surface area (Å²) in [5.41, 5.74) is 0. The van der Waals surface area contributed by atoms with Crippen LogP contribution in [0, 0.1) is 0 Å². The van der Waals surface area contributed by atoms with Crippen LogP contribution in [-0.4, -0.2) is 44.7 Å². The van der Waals surface area contributed by atoms with Crippen LogP contribution in [0.1, 0.15) is 0 Å². The summed E-state index contributed by atoms with van der Waals surface area (Å²) in [6.45, 7) is 0. The second-order valence-corrected chi connectivity index (χ2v) is 3.59. The zero-order valence-electron chi connectivity index (χ0n) is 7.50. The average Bonchev–Trinajstić information content (AvgIpc) is 2.15. The van der Waals surface area contributed by atoms with E-state index < -0.39 is 22.7 Å². The molecular formula is C6H8Cl4O4Zn. The zero-order chi connectivity index (χ0) is 11.7. The molecule has 4 nitrogen and oxygen atoms in total. The summed E-state index contributed by atoms with van der Waals surface area (Å²) >= 11 is 20.2. The third kappa shape index (κ3) is 14.7. The van der Waals surface area contributed by atoms with E-state index in [0.717, 1.165) is 0 Å². The molecule has 9 heteroatoms. The number of alkyl halides is 4. The topological polar surface area (TPSA) is 74.6 Å². The molecular weight excluding hydrogens is 343 g/mol. The summed E-state index contributed by atoms with van der Waals surface area (Å²) in [4.78, 5) is 19.4. The predicted octanol–water partition coefficient (Wildman–Crippen LogP) is 1.83. The number of aliphatic carboxylic acids is 2. The van der Waals surface area contributed by atoms with Gasteiger partial charge in [-0.3, -0.25) is 9.59 Å². The van der Waals surface area contributed by atoms with E-state index in [1.54, 1.807) is 0 Å². The van der Waals surface area contributed by atoms with E-state index in [4.69, 9.17) is 56.6 Å². The summed E-state index contributed by atoms with van der Waals surface area (Å²) in [5, 5.41) is 14.0. The van der Waals surface area contributed by atoms with Crippen molar-refractivity contribution in [2.75, 3.05) is 11.8 Å². The van der Waals surface area contributed by atoms with Crippen molar-refractivity contribution in [2.45, 2.75) is 10.8 Å². The van der Waals surface area contributed by atoms with Crippen molar-refractivity contribution in [3.05, 3.63) is 0 Å². The van der Waals surface area contributed by atoms with Crippen LogP contribution in [-0.2, 0) is 29.1 Å². The van der Waals surface area contributed by atoms with Crippen LogP contribution < -0.4 is 0 Å². The molecule has 0 aromatic rings. The first-order valence-corrected chi connectivity index (χ1v) is 5.16. The summed E-state index contributed by atoms with van der Waals surface area (Å²) in [6, 6.07) is 0. The molecule has 15 heavy (non-hydrogen) atoms. The molecule has 0 heterocycles. The van der Waals surface area contributed by atoms with Crippen molar-refractivity contribution in [1.82, 2.24) is 0 Å². The molecule has 0 saturated heterocycles. The van der Waals surface area contributed by atoms with E-state index in [0.29, 0.717) is 0 Å². The van der Waals surface area contributed by atoms with Crippen LogP contribution in [0.25, 0.3) is 0 Å². The van der Waals surface area contributed by atoms with E-state index in [2.05, 4.69) is 0 Å². The number of carboxylic acids is 2. The van der Waals surface area contributed by atoms with Gasteiger partial charge in [0.05, 0.1) is 0 Å². The fraction of sp³-hybridized carbons (Fsp3) is 0.667. The number of carbonyl (C=O) groups is 2. The molecule has 2 atom stereocenters. The second-order valence-electron chi connectivity index (χ2n) is 1.92. The van der Waals surface area contributed by atoms with Gasteiger partial charge in [0, 0.05) is 31.2 Å². The fourth-order valence-electron chi connectivity index (χ4n) is 0.132. The molecule has 0 spiro atoms. The Balaban J connectivity index is -0.000000180. The van der Waals surface area contributed by atoms with Gasteiger partial charge in [0.15, 0.2) is 0 Å². The summed E-state index contributed by atoms with van der Waals surface area (Å²) in [6.07, 6.45) is 0. The first-order chi connectivity index (χ1) is 6.36. The van der Waals surface area contributed by atoms with Crippen LogP contribution in [0.3, 0.4) is 0 Å². The van der Waals surface area contributed by atoms with Gasteiger partial charge in [0.2, 0.25) is 0 Å². The van der Waals surface area contributed by atoms with Crippen molar-refractivity contribution in [3.63, 3.8) is 0 Å². The molecule has 2 N–H and O–H groups in total. The van der Waals surface area contributed by atoms with Crippen molar-refractivity contribution in [1.29, 1.82) is 0 Å². The minimum atomic E-state index is -1.07. The average molecular weight is 351 g/mol. The molecule has 0 amide bonds. The molecule has 0 aliphatic rings. The molecule has 0 rings (SSSR count). The first kappa shape index (κ1) is 21.1. The van der Waals surface area contributed by atoms with Gasteiger partial charge in [0.1, 0.15) is 10.8 Å². The molecule has 0 aromatic heterocycles. The zero-order valence-corrected chi connectivity index (χ0v) is 13.5. The molecule has 0 aromatic carbocycles. The van der Waals surface area contributed by atoms with Gasteiger partial charge >= 0.3 is 11.9 Å². The normalized spacial score (nSPS) is 12.5. The largest absolute Gasteiger partial charge is 0.480 e. The Morgan fingerprint density at radius 2 is 1.13 bits per heavy atom. The summed E-state index contributed by atoms with van der Waals surface area (Å²) in [5.74, 6) is -2.23. The van der Waals surface area contributed by atoms with Crippen molar-refractivity contribution in [2.24, 2.45) is 0 Å². The van der Waals surface area contributed by atoms with Gasteiger partial charge in [-0.25, -0.2) is 0 Å². The van der Waals surface area contributed by atoms with Crippen LogP contribution in [0.4, 0.5) is 0 Å². The van der Waals surface area contributed by atoms with Gasteiger partial charge in [-0.05, 0) is 0 Å². The van der Waals surface area contributed by atoms with Crippen molar-refractivity contribution in [3.8, 4) is 0 Å². The van der Waals surface area contributed by atoms with E-state index in [1.807, 2.05) is 0 Å². The molecule has 0 saturated carbocycles. The molecule has 0 bridgehead atoms. The van der Waals surface area contributed by atoms with Gasteiger partial charge in [-0.1, -0.05) is 0 Å².